The molecule has 0 unspecified atom stereocenters. The minimum absolute atomic E-state index is 0.0881. The summed E-state index contributed by atoms with van der Waals surface area (Å²) < 4.78 is 5.70. The smallest absolute Gasteiger partial charge is 0.224 e. The Morgan fingerprint density at radius 2 is 2.25 bits per heavy atom. The average molecular weight is 284 g/mol. The molecule has 1 N–H and O–H groups in total. The van der Waals surface area contributed by atoms with Crippen LogP contribution in [0.1, 0.15) is 18.4 Å². The van der Waals surface area contributed by atoms with Gasteiger partial charge in [-0.1, -0.05) is 22.0 Å². The number of hydrogen-bond acceptors (Lipinski definition) is 2. The monoisotopic (exact) mass is 283 g/mol. The number of halogens is 1. The zero-order valence-electron chi connectivity index (χ0n) is 8.96. The van der Waals surface area contributed by atoms with E-state index in [9.17, 15) is 4.79 Å². The van der Waals surface area contributed by atoms with Gasteiger partial charge in [0.1, 0.15) is 5.75 Å². The van der Waals surface area contributed by atoms with Crippen molar-refractivity contribution in [3.63, 3.8) is 0 Å². The van der Waals surface area contributed by atoms with Crippen molar-refractivity contribution >= 4 is 27.5 Å². The van der Waals surface area contributed by atoms with Crippen molar-refractivity contribution in [3.8, 4) is 5.75 Å². The van der Waals surface area contributed by atoms with Crippen molar-refractivity contribution in [2.45, 2.75) is 19.3 Å². The van der Waals surface area contributed by atoms with Crippen LogP contribution in [0.4, 0.5) is 5.69 Å². The maximum absolute atomic E-state index is 11.2. The molecule has 0 radical (unpaired) electrons. The summed E-state index contributed by atoms with van der Waals surface area (Å²) in [6.45, 7) is 0.704. The Hall–Kier alpha value is -1.03. The lowest BCUT2D eigenvalue weighted by atomic mass is 10.0. The number of anilines is 1. The highest BCUT2D eigenvalue weighted by atomic mass is 79.9. The Labute approximate surface area is 103 Å². The number of alkyl halides is 1. The Kier molecular flexibility index (Phi) is 3.83. The topological polar surface area (TPSA) is 38.3 Å². The SMILES string of the molecule is O=C1CCc2c(cccc2OCCCBr)N1. The highest BCUT2D eigenvalue weighted by molar-refractivity contribution is 9.09. The second-order valence-corrected chi connectivity index (χ2v) is 4.51. The van der Waals surface area contributed by atoms with Crippen LogP contribution in [0.5, 0.6) is 5.75 Å². The second-order valence-electron chi connectivity index (χ2n) is 3.72. The highest BCUT2D eigenvalue weighted by Crippen LogP contribution is 2.31. The molecule has 16 heavy (non-hydrogen) atoms. The van der Waals surface area contributed by atoms with Crippen molar-refractivity contribution in [2.24, 2.45) is 0 Å². The van der Waals surface area contributed by atoms with E-state index in [0.29, 0.717) is 13.0 Å². The van der Waals surface area contributed by atoms with Crippen molar-refractivity contribution in [1.29, 1.82) is 0 Å². The van der Waals surface area contributed by atoms with Crippen LogP contribution < -0.4 is 10.1 Å². The standard InChI is InChI=1S/C12H14BrNO2/c13-7-2-8-16-11-4-1-3-10-9(11)5-6-12(15)14-10/h1,3-4H,2,5-8H2,(H,14,15). The number of carbonyl (C=O) groups excluding carboxylic acids is 1. The molecule has 0 saturated heterocycles. The van der Waals surface area contributed by atoms with Gasteiger partial charge in [-0.05, 0) is 25.0 Å². The maximum Gasteiger partial charge on any atom is 0.224 e. The third kappa shape index (κ3) is 2.55. The van der Waals surface area contributed by atoms with Crippen LogP contribution in [0.2, 0.25) is 0 Å². The number of fused-ring (bicyclic) bond motifs is 1. The van der Waals surface area contributed by atoms with Gasteiger partial charge in [-0.25, -0.2) is 0 Å². The van der Waals surface area contributed by atoms with Crippen molar-refractivity contribution < 1.29 is 9.53 Å². The second kappa shape index (κ2) is 5.34. The number of benzene rings is 1. The van der Waals surface area contributed by atoms with E-state index in [4.69, 9.17) is 4.74 Å². The van der Waals surface area contributed by atoms with E-state index in [-0.39, 0.29) is 5.91 Å². The minimum Gasteiger partial charge on any atom is -0.493 e. The molecule has 1 aromatic rings. The summed E-state index contributed by atoms with van der Waals surface area (Å²) in [5, 5.41) is 3.81. The summed E-state index contributed by atoms with van der Waals surface area (Å²) in [5.74, 6) is 0.989. The molecule has 4 heteroatoms. The summed E-state index contributed by atoms with van der Waals surface area (Å²) >= 11 is 3.37. The minimum atomic E-state index is 0.0881. The van der Waals surface area contributed by atoms with E-state index in [0.717, 1.165) is 35.2 Å². The Bertz CT molecular complexity index is 393. The molecule has 2 rings (SSSR count). The third-order valence-corrected chi connectivity index (χ3v) is 3.11. The number of rotatable bonds is 4. The molecule has 0 saturated carbocycles. The molecule has 0 spiro atoms. The molecular weight excluding hydrogens is 270 g/mol. The Morgan fingerprint density at radius 1 is 1.38 bits per heavy atom. The predicted molar refractivity (Wildman–Crippen MR) is 67.3 cm³/mol. The summed E-state index contributed by atoms with van der Waals surface area (Å²) in [6.07, 6.45) is 2.30. The van der Waals surface area contributed by atoms with Gasteiger partial charge in [-0.3, -0.25) is 4.79 Å². The van der Waals surface area contributed by atoms with Gasteiger partial charge >= 0.3 is 0 Å². The van der Waals surface area contributed by atoms with Crippen LogP contribution in [0.3, 0.4) is 0 Å². The van der Waals surface area contributed by atoms with E-state index < -0.39 is 0 Å². The maximum atomic E-state index is 11.2. The number of nitrogens with one attached hydrogen (secondary N) is 1. The molecule has 1 amide bonds. The molecular formula is C12H14BrNO2. The van der Waals surface area contributed by atoms with Gasteiger partial charge < -0.3 is 10.1 Å². The van der Waals surface area contributed by atoms with Gasteiger partial charge in [-0.2, -0.15) is 0 Å². The first kappa shape index (κ1) is 11.5. The fraction of sp³-hybridized carbons (Fsp3) is 0.417. The molecule has 0 atom stereocenters. The molecule has 0 bridgehead atoms. The fourth-order valence-electron chi connectivity index (χ4n) is 1.76. The Morgan fingerprint density at radius 3 is 3.06 bits per heavy atom. The third-order valence-electron chi connectivity index (χ3n) is 2.54. The van der Waals surface area contributed by atoms with Gasteiger partial charge in [0.05, 0.1) is 6.61 Å². The average Bonchev–Trinajstić information content (AvgIpc) is 2.29. The van der Waals surface area contributed by atoms with Gasteiger partial charge in [0, 0.05) is 23.0 Å². The van der Waals surface area contributed by atoms with Crippen LogP contribution in [0.25, 0.3) is 0 Å². The number of amides is 1. The molecule has 0 aromatic heterocycles. The molecule has 1 aromatic carbocycles. The zero-order chi connectivity index (χ0) is 11.4. The summed E-state index contributed by atoms with van der Waals surface area (Å²) in [7, 11) is 0. The first-order chi connectivity index (χ1) is 7.81. The van der Waals surface area contributed by atoms with Crippen LogP contribution >= 0.6 is 15.9 Å². The van der Waals surface area contributed by atoms with Gasteiger partial charge in [0.2, 0.25) is 5.91 Å². The molecule has 1 aliphatic rings. The lowest BCUT2D eigenvalue weighted by molar-refractivity contribution is -0.116. The van der Waals surface area contributed by atoms with Gasteiger partial charge in [0.15, 0.2) is 0 Å². The van der Waals surface area contributed by atoms with Crippen LogP contribution in [0, 0.1) is 0 Å². The van der Waals surface area contributed by atoms with Gasteiger partial charge in [0.25, 0.3) is 0 Å². The molecule has 1 aliphatic heterocycles. The quantitative estimate of drug-likeness (QED) is 0.682. The fourth-order valence-corrected chi connectivity index (χ4v) is 1.99. The number of carbonyl (C=O) groups is 1. The van der Waals surface area contributed by atoms with Crippen molar-refractivity contribution in [3.05, 3.63) is 23.8 Å². The van der Waals surface area contributed by atoms with E-state index in [2.05, 4.69) is 21.2 Å². The summed E-state index contributed by atoms with van der Waals surface area (Å²) in [4.78, 5) is 11.2. The molecule has 0 fully saturated rings. The van der Waals surface area contributed by atoms with Gasteiger partial charge in [-0.15, -0.1) is 0 Å². The lowest BCUT2D eigenvalue weighted by Gasteiger charge is -2.19. The number of ether oxygens (including phenoxy) is 1. The van der Waals surface area contributed by atoms with Crippen molar-refractivity contribution in [1.82, 2.24) is 0 Å². The van der Waals surface area contributed by atoms with E-state index >= 15 is 0 Å². The molecule has 3 nitrogen and oxygen atoms in total. The molecule has 86 valence electrons. The van der Waals surface area contributed by atoms with Crippen LogP contribution in [0.15, 0.2) is 18.2 Å². The van der Waals surface area contributed by atoms with Crippen LogP contribution in [-0.2, 0) is 11.2 Å². The van der Waals surface area contributed by atoms with E-state index in [1.165, 1.54) is 0 Å². The normalized spacial score (nSPS) is 14.2. The summed E-state index contributed by atoms with van der Waals surface area (Å²) in [6, 6.07) is 5.79. The Balaban J connectivity index is 2.13. The van der Waals surface area contributed by atoms with Crippen molar-refractivity contribution in [2.75, 3.05) is 17.3 Å². The molecule has 0 aliphatic carbocycles. The largest absolute Gasteiger partial charge is 0.493 e. The zero-order valence-corrected chi connectivity index (χ0v) is 10.5. The van der Waals surface area contributed by atoms with E-state index in [1.807, 2.05) is 18.2 Å². The first-order valence-corrected chi connectivity index (χ1v) is 6.54. The number of hydrogen-bond donors (Lipinski definition) is 1. The summed E-state index contributed by atoms with van der Waals surface area (Å²) in [5.41, 5.74) is 2.02. The van der Waals surface area contributed by atoms with E-state index in [1.54, 1.807) is 0 Å². The first-order valence-electron chi connectivity index (χ1n) is 5.42. The molecule has 1 heterocycles. The van der Waals surface area contributed by atoms with Crippen LogP contribution in [-0.4, -0.2) is 17.8 Å². The highest BCUT2D eigenvalue weighted by Gasteiger charge is 2.17. The lowest BCUT2D eigenvalue weighted by Crippen LogP contribution is -2.19. The predicted octanol–water partition coefficient (Wildman–Crippen LogP) is 2.74.